The summed E-state index contributed by atoms with van der Waals surface area (Å²) in [6, 6.07) is 0. The Balaban J connectivity index is 1.82. The second-order valence-corrected chi connectivity index (χ2v) is 5.35. The first-order valence-electron chi connectivity index (χ1n) is 6.49. The highest BCUT2D eigenvalue weighted by atomic mass is 16.3. The van der Waals surface area contributed by atoms with E-state index < -0.39 is 0 Å². The number of hydrogen-bond acceptors (Lipinski definition) is 1. The predicted molar refractivity (Wildman–Crippen MR) is 59.1 cm³/mol. The van der Waals surface area contributed by atoms with Crippen molar-refractivity contribution < 1.29 is 5.11 Å². The van der Waals surface area contributed by atoms with Gasteiger partial charge in [-0.15, -0.1) is 0 Å². The van der Waals surface area contributed by atoms with Crippen molar-refractivity contribution in [3.05, 3.63) is 0 Å². The molecular formula is C13H24O. The van der Waals surface area contributed by atoms with Gasteiger partial charge in [0.25, 0.3) is 0 Å². The van der Waals surface area contributed by atoms with Gasteiger partial charge in [0.1, 0.15) is 0 Å². The molecule has 0 saturated heterocycles. The molecule has 0 aromatic carbocycles. The van der Waals surface area contributed by atoms with Gasteiger partial charge in [0, 0.05) is 0 Å². The Morgan fingerprint density at radius 2 is 1.71 bits per heavy atom. The van der Waals surface area contributed by atoms with Gasteiger partial charge in [0.05, 0.1) is 6.10 Å². The summed E-state index contributed by atoms with van der Waals surface area (Å²) in [5.41, 5.74) is 0. The molecule has 0 amide bonds. The van der Waals surface area contributed by atoms with Crippen LogP contribution in [0.4, 0.5) is 0 Å². The van der Waals surface area contributed by atoms with Crippen molar-refractivity contribution >= 4 is 0 Å². The molecule has 0 spiro atoms. The van der Waals surface area contributed by atoms with Gasteiger partial charge in [-0.05, 0) is 43.4 Å². The van der Waals surface area contributed by atoms with E-state index in [1.165, 1.54) is 44.9 Å². The topological polar surface area (TPSA) is 20.2 Å². The average molecular weight is 196 g/mol. The van der Waals surface area contributed by atoms with E-state index in [1.54, 1.807) is 0 Å². The Bertz CT molecular complexity index is 170. The van der Waals surface area contributed by atoms with E-state index in [4.69, 9.17) is 0 Å². The fourth-order valence-corrected chi connectivity index (χ4v) is 3.54. The molecular weight excluding hydrogens is 172 g/mol. The van der Waals surface area contributed by atoms with Crippen LogP contribution >= 0.6 is 0 Å². The van der Waals surface area contributed by atoms with Crippen LogP contribution in [0.2, 0.25) is 0 Å². The fraction of sp³-hybridized carbons (Fsp3) is 1.00. The normalized spacial score (nSPS) is 44.1. The van der Waals surface area contributed by atoms with E-state index >= 15 is 0 Å². The van der Waals surface area contributed by atoms with Gasteiger partial charge >= 0.3 is 0 Å². The van der Waals surface area contributed by atoms with E-state index in [9.17, 15) is 5.11 Å². The largest absolute Gasteiger partial charge is 0.393 e. The highest BCUT2D eigenvalue weighted by molar-refractivity contribution is 4.85. The van der Waals surface area contributed by atoms with Gasteiger partial charge in [-0.2, -0.15) is 0 Å². The Hall–Kier alpha value is -0.0400. The van der Waals surface area contributed by atoms with Gasteiger partial charge in [-0.25, -0.2) is 0 Å². The fourth-order valence-electron chi connectivity index (χ4n) is 3.54. The maximum absolute atomic E-state index is 9.86. The second kappa shape index (κ2) is 4.65. The van der Waals surface area contributed by atoms with Crippen molar-refractivity contribution in [1.29, 1.82) is 0 Å². The summed E-state index contributed by atoms with van der Waals surface area (Å²) < 4.78 is 0. The Morgan fingerprint density at radius 1 is 1.00 bits per heavy atom. The molecule has 1 N–H and O–H groups in total. The summed E-state index contributed by atoms with van der Waals surface area (Å²) in [5, 5.41) is 9.86. The zero-order chi connectivity index (χ0) is 9.97. The summed E-state index contributed by atoms with van der Waals surface area (Å²) in [7, 11) is 0. The van der Waals surface area contributed by atoms with E-state index in [-0.39, 0.29) is 6.10 Å². The van der Waals surface area contributed by atoms with Crippen molar-refractivity contribution in [2.45, 2.75) is 64.4 Å². The minimum Gasteiger partial charge on any atom is -0.393 e. The van der Waals surface area contributed by atoms with Gasteiger partial charge in [0.15, 0.2) is 0 Å². The molecule has 2 atom stereocenters. The third-order valence-electron chi connectivity index (χ3n) is 4.61. The third kappa shape index (κ3) is 2.13. The smallest absolute Gasteiger partial charge is 0.0571 e. The molecule has 2 saturated carbocycles. The Labute approximate surface area is 87.9 Å². The molecule has 82 valence electrons. The van der Waals surface area contributed by atoms with E-state index in [2.05, 4.69) is 6.92 Å². The zero-order valence-corrected chi connectivity index (χ0v) is 9.41. The molecule has 0 aromatic rings. The van der Waals surface area contributed by atoms with Crippen LogP contribution in [0.1, 0.15) is 58.3 Å². The zero-order valence-electron chi connectivity index (χ0n) is 9.41. The first kappa shape index (κ1) is 10.5. The number of rotatable bonds is 2. The first-order valence-corrected chi connectivity index (χ1v) is 6.49. The van der Waals surface area contributed by atoms with Crippen LogP contribution in [-0.2, 0) is 0 Å². The summed E-state index contributed by atoms with van der Waals surface area (Å²) >= 11 is 0. The SMILES string of the molecule is CCC1CCC(C2CCCC2O)CC1. The Morgan fingerprint density at radius 3 is 2.21 bits per heavy atom. The lowest BCUT2D eigenvalue weighted by atomic mass is 9.74. The van der Waals surface area contributed by atoms with Crippen molar-refractivity contribution in [1.82, 2.24) is 0 Å². The molecule has 2 aliphatic carbocycles. The number of aliphatic hydroxyl groups is 1. The van der Waals surface area contributed by atoms with Crippen LogP contribution < -0.4 is 0 Å². The lowest BCUT2D eigenvalue weighted by molar-refractivity contribution is 0.0750. The lowest BCUT2D eigenvalue weighted by Gasteiger charge is -2.33. The monoisotopic (exact) mass is 196 g/mol. The summed E-state index contributed by atoms with van der Waals surface area (Å²) in [6.07, 6.45) is 10.6. The predicted octanol–water partition coefficient (Wildman–Crippen LogP) is 3.36. The number of hydrogen-bond donors (Lipinski definition) is 1. The van der Waals surface area contributed by atoms with Crippen LogP contribution in [-0.4, -0.2) is 11.2 Å². The molecule has 0 bridgehead atoms. The maximum atomic E-state index is 9.86. The van der Waals surface area contributed by atoms with Gasteiger partial charge in [-0.1, -0.05) is 32.6 Å². The molecule has 1 nitrogen and oxygen atoms in total. The van der Waals surface area contributed by atoms with Gasteiger partial charge in [0.2, 0.25) is 0 Å². The van der Waals surface area contributed by atoms with Crippen molar-refractivity contribution in [3.63, 3.8) is 0 Å². The van der Waals surface area contributed by atoms with E-state index in [1.807, 2.05) is 0 Å². The molecule has 0 aliphatic heterocycles. The van der Waals surface area contributed by atoms with Crippen LogP contribution in [0.3, 0.4) is 0 Å². The van der Waals surface area contributed by atoms with Crippen molar-refractivity contribution in [3.8, 4) is 0 Å². The highest BCUT2D eigenvalue weighted by Crippen LogP contribution is 2.41. The quantitative estimate of drug-likeness (QED) is 0.718. The lowest BCUT2D eigenvalue weighted by Crippen LogP contribution is -2.26. The highest BCUT2D eigenvalue weighted by Gasteiger charge is 2.34. The van der Waals surface area contributed by atoms with Crippen molar-refractivity contribution in [2.24, 2.45) is 17.8 Å². The third-order valence-corrected chi connectivity index (χ3v) is 4.61. The van der Waals surface area contributed by atoms with Crippen LogP contribution in [0, 0.1) is 17.8 Å². The molecule has 14 heavy (non-hydrogen) atoms. The van der Waals surface area contributed by atoms with E-state index in [0.29, 0.717) is 5.92 Å². The van der Waals surface area contributed by atoms with Gasteiger partial charge in [-0.3, -0.25) is 0 Å². The minimum absolute atomic E-state index is 0.0400. The molecule has 2 rings (SSSR count). The number of aliphatic hydroxyl groups excluding tert-OH is 1. The Kier molecular flexibility index (Phi) is 3.48. The molecule has 0 heterocycles. The summed E-state index contributed by atoms with van der Waals surface area (Å²) in [6.45, 7) is 2.31. The second-order valence-electron chi connectivity index (χ2n) is 5.35. The van der Waals surface area contributed by atoms with Crippen LogP contribution in [0.15, 0.2) is 0 Å². The molecule has 1 heteroatoms. The van der Waals surface area contributed by atoms with Crippen LogP contribution in [0.5, 0.6) is 0 Å². The van der Waals surface area contributed by atoms with Crippen LogP contribution in [0.25, 0.3) is 0 Å². The molecule has 2 unspecified atom stereocenters. The molecule has 0 radical (unpaired) electrons. The standard InChI is InChI=1S/C13H24O/c1-2-10-6-8-11(9-7-10)12-4-3-5-13(12)14/h10-14H,2-9H2,1H3. The molecule has 2 fully saturated rings. The van der Waals surface area contributed by atoms with Crippen molar-refractivity contribution in [2.75, 3.05) is 0 Å². The van der Waals surface area contributed by atoms with E-state index in [0.717, 1.165) is 18.3 Å². The minimum atomic E-state index is 0.0400. The molecule has 2 aliphatic rings. The summed E-state index contributed by atoms with van der Waals surface area (Å²) in [5.74, 6) is 2.51. The molecule has 0 aromatic heterocycles. The average Bonchev–Trinajstić information content (AvgIpc) is 2.65. The maximum Gasteiger partial charge on any atom is 0.0571 e. The summed E-state index contributed by atoms with van der Waals surface area (Å²) in [4.78, 5) is 0. The van der Waals surface area contributed by atoms with Gasteiger partial charge < -0.3 is 5.11 Å². The first-order chi connectivity index (χ1) is 6.81.